The Balaban J connectivity index is 3.35. The van der Waals surface area contributed by atoms with Crippen molar-refractivity contribution in [1.29, 1.82) is 0 Å². The summed E-state index contributed by atoms with van der Waals surface area (Å²) in [4.78, 5) is 151. The topological polar surface area (TPSA) is 404 Å². The van der Waals surface area contributed by atoms with Crippen LogP contribution in [-0.4, -0.2) is 218 Å². The number of hydrogen-bond donors (Lipinski definition) is 12. The normalized spacial score (nSPS) is 18.7. The van der Waals surface area contributed by atoms with Gasteiger partial charge in [0.25, 0.3) is 0 Å². The number of halogens is 1. The summed E-state index contributed by atoms with van der Waals surface area (Å²) in [5.41, 5.74) is 5.81. The molecule has 0 aromatic heterocycles. The summed E-state index contributed by atoms with van der Waals surface area (Å²) in [6.07, 6.45) is 3.20. The molecule has 0 aromatic rings. The van der Waals surface area contributed by atoms with Crippen molar-refractivity contribution in [3.63, 3.8) is 0 Å². The molecule has 16 atom stereocenters. The van der Waals surface area contributed by atoms with Crippen LogP contribution in [0.2, 0.25) is 0 Å². The Bertz CT molecular complexity index is 2310. The summed E-state index contributed by atoms with van der Waals surface area (Å²) in [5.74, 6) is -11.8. The van der Waals surface area contributed by atoms with Crippen molar-refractivity contribution in [2.45, 2.75) is 240 Å². The zero-order valence-corrected chi connectivity index (χ0v) is 57.8. The number of ether oxygens (including phenoxy) is 2. The van der Waals surface area contributed by atoms with E-state index >= 15 is 0 Å². The second kappa shape index (κ2) is 41.5. The highest BCUT2D eigenvalue weighted by Crippen LogP contribution is 2.44. The Morgan fingerprint density at radius 2 is 1.31 bits per heavy atom. The minimum Gasteiger partial charge on any atom is -0.481 e. The molecule has 1 aliphatic rings. The number of likely N-dealkylation sites (N-methyl/N-ethyl adjacent to an activating group) is 2. The van der Waals surface area contributed by atoms with E-state index in [0.717, 1.165) is 50.3 Å². The smallest absolute Gasteiger partial charge is 0.328 e. The van der Waals surface area contributed by atoms with Gasteiger partial charge in [0, 0.05) is 47.3 Å². The van der Waals surface area contributed by atoms with Gasteiger partial charge in [0.1, 0.15) is 30.2 Å². The molecule has 512 valence electrons. The number of carboxylic acid groups (broad SMARTS) is 3. The molecular weight excluding hydrogens is 1290 g/mol. The van der Waals surface area contributed by atoms with Gasteiger partial charge in [-0.05, 0) is 70.3 Å². The first-order chi connectivity index (χ1) is 41.8. The lowest BCUT2D eigenvalue weighted by molar-refractivity contribution is -0.148. The molecule has 29 heteroatoms. The van der Waals surface area contributed by atoms with Gasteiger partial charge in [-0.3, -0.25) is 47.9 Å². The van der Waals surface area contributed by atoms with Crippen LogP contribution < -0.4 is 43.0 Å². The summed E-state index contributed by atoms with van der Waals surface area (Å²) in [7, 11) is 6.21. The number of rotatable bonds is 45. The highest BCUT2D eigenvalue weighted by molar-refractivity contribution is 14.1. The van der Waals surface area contributed by atoms with E-state index in [1.807, 2.05) is 48.5 Å². The summed E-state index contributed by atoms with van der Waals surface area (Å²) < 4.78 is 11.5. The lowest BCUT2D eigenvalue weighted by Gasteiger charge is -2.41. The largest absolute Gasteiger partial charge is 0.481 e. The number of carboxylic acids is 3. The Labute approximate surface area is 544 Å². The van der Waals surface area contributed by atoms with Gasteiger partial charge in [-0.25, -0.2) is 4.79 Å². The van der Waals surface area contributed by atoms with E-state index in [1.54, 1.807) is 23.9 Å². The van der Waals surface area contributed by atoms with Crippen LogP contribution in [0.5, 0.6) is 0 Å². The average molecular weight is 1400 g/mol. The number of thioether (sulfide) groups is 1. The zero-order valence-electron chi connectivity index (χ0n) is 54.8. The number of amides is 8. The molecule has 1 aliphatic heterocycles. The Morgan fingerprint density at radius 3 is 1.82 bits per heavy atom. The highest BCUT2D eigenvalue weighted by Gasteiger charge is 2.45. The van der Waals surface area contributed by atoms with Crippen LogP contribution in [0.4, 0.5) is 0 Å². The molecule has 5 unspecified atom stereocenters. The number of methoxy groups -OCH3 is 2. The van der Waals surface area contributed by atoms with E-state index in [-0.39, 0.29) is 48.4 Å². The Hall–Kier alpha value is -4.95. The van der Waals surface area contributed by atoms with Crippen LogP contribution in [0, 0.1) is 23.7 Å². The number of aliphatic hydroxyl groups is 1. The molecule has 8 amide bonds. The molecule has 1 fully saturated rings. The van der Waals surface area contributed by atoms with E-state index < -0.39 is 160 Å². The molecule has 89 heavy (non-hydrogen) atoms. The maximum atomic E-state index is 14.6. The van der Waals surface area contributed by atoms with Crippen molar-refractivity contribution in [3.8, 4) is 0 Å². The number of unbranched alkanes of at least 4 members (excludes halogenated alkanes) is 3. The number of likely N-dealkylation sites (tertiary alicyclic amines) is 1. The van der Waals surface area contributed by atoms with Crippen molar-refractivity contribution in [2.24, 2.45) is 29.4 Å². The lowest BCUT2D eigenvalue weighted by Crippen LogP contribution is -2.61. The predicted molar refractivity (Wildman–Crippen MR) is 345 cm³/mol. The average Bonchev–Trinajstić information content (AvgIpc) is 3.50. The molecule has 27 nitrogen and oxygen atoms in total. The number of nitrogens with two attached hydrogens (primary N) is 1. The standard InChI is InChI=1S/C60H107IN10O17S/c1-15-19-20-21-23-35(8)48(63-11)56(82)68-47(33(5)6)58(84)70(12)50(34(7)17-3)42(87-13)29-44(73)71-28-22-24-41(71)51(88-14)36(9)52(78)69-49(37(10)72)57(83)65-38(25-26-45(74)75)54(80)67-40(59(85)86)32-64-53(79)39(31-62)66-55(81)43(30-46(76)77)89-60(61,18-4)27-16-2/h33-43,47-51,63,72H,15-32,62H2,1-14H3,(H,64,79)(H,65,83)(H,66,81)(H,67,80)(H,68,82)(H,69,78)(H,74,75)(H,76,77)(H,85,86)/t34-,35?,36+,37?,38-,39-,40-,41-,42+,43?,47-,48-,49-,50-,51?,60?/m0/s1. The quantitative estimate of drug-likeness (QED) is 0.0237. The summed E-state index contributed by atoms with van der Waals surface area (Å²) in [5, 5.41) is 56.8. The molecule has 0 aromatic carbocycles. The van der Waals surface area contributed by atoms with Crippen molar-refractivity contribution in [2.75, 3.05) is 47.9 Å². The number of nitrogens with zero attached hydrogens (tertiary/aromatic N) is 2. The molecule has 0 spiro atoms. The number of hydrogen-bond acceptors (Lipinski definition) is 17. The number of carbonyl (C=O) groups excluding carboxylic acids is 8. The summed E-state index contributed by atoms with van der Waals surface area (Å²) in [6.45, 7) is 17.3. The van der Waals surface area contributed by atoms with Crippen molar-refractivity contribution >= 4 is 99.5 Å². The van der Waals surface area contributed by atoms with Gasteiger partial charge in [-0.1, -0.05) is 123 Å². The third-order valence-electron chi connectivity index (χ3n) is 16.6. The second-order valence-electron chi connectivity index (χ2n) is 23.8. The number of carbonyl (C=O) groups is 11. The first-order valence-electron chi connectivity index (χ1n) is 31.3. The van der Waals surface area contributed by atoms with Crippen LogP contribution in [-0.2, 0) is 62.2 Å². The van der Waals surface area contributed by atoms with E-state index in [4.69, 9.17) is 15.2 Å². The van der Waals surface area contributed by atoms with Gasteiger partial charge in [-0.15, -0.1) is 11.8 Å². The number of aliphatic hydroxyl groups excluding tert-OH is 1. The van der Waals surface area contributed by atoms with Gasteiger partial charge in [0.05, 0.1) is 63.2 Å². The fraction of sp³-hybridized carbons (Fsp3) is 0.817. The molecule has 0 radical (unpaired) electrons. The van der Waals surface area contributed by atoms with Crippen LogP contribution in [0.25, 0.3) is 0 Å². The third-order valence-corrected chi connectivity index (χ3v) is 20.3. The summed E-state index contributed by atoms with van der Waals surface area (Å²) >= 11 is 3.31. The molecular formula is C60H107IN10O17S. The number of alkyl halides is 1. The van der Waals surface area contributed by atoms with E-state index in [0.29, 0.717) is 32.1 Å². The zero-order chi connectivity index (χ0) is 68.0. The molecule has 0 bridgehead atoms. The van der Waals surface area contributed by atoms with Gasteiger partial charge < -0.3 is 82.7 Å². The van der Waals surface area contributed by atoms with Gasteiger partial charge >= 0.3 is 17.9 Å². The molecule has 13 N–H and O–H groups in total. The van der Waals surface area contributed by atoms with Gasteiger partial charge in [-0.2, -0.15) is 0 Å². The van der Waals surface area contributed by atoms with E-state index in [1.165, 1.54) is 28.1 Å². The predicted octanol–water partition coefficient (Wildman–Crippen LogP) is 2.50. The fourth-order valence-electron chi connectivity index (χ4n) is 11.1. The van der Waals surface area contributed by atoms with Crippen LogP contribution >= 0.6 is 34.4 Å². The molecule has 0 saturated carbocycles. The highest BCUT2D eigenvalue weighted by atomic mass is 127. The van der Waals surface area contributed by atoms with E-state index in [2.05, 4.69) is 66.7 Å². The minimum absolute atomic E-state index is 0.0167. The first-order valence-corrected chi connectivity index (χ1v) is 33.2. The van der Waals surface area contributed by atoms with Crippen molar-refractivity contribution < 1.29 is 82.6 Å². The number of aliphatic carboxylic acids is 3. The molecule has 0 aliphatic carbocycles. The summed E-state index contributed by atoms with van der Waals surface area (Å²) in [6, 6.07) is -9.64. The van der Waals surface area contributed by atoms with Gasteiger partial charge in [0.15, 0.2) is 0 Å². The molecule has 1 rings (SSSR count). The first kappa shape index (κ1) is 82.1. The third kappa shape index (κ3) is 26.7. The van der Waals surface area contributed by atoms with Crippen LogP contribution in [0.1, 0.15) is 166 Å². The minimum atomic E-state index is -1.91. The molecule has 1 heterocycles. The Kier molecular flexibility index (Phi) is 38.3. The maximum Gasteiger partial charge on any atom is 0.328 e. The van der Waals surface area contributed by atoms with Gasteiger partial charge in [0.2, 0.25) is 47.3 Å². The van der Waals surface area contributed by atoms with Crippen molar-refractivity contribution in [1.82, 2.24) is 47.0 Å². The molecule has 1 saturated heterocycles. The van der Waals surface area contributed by atoms with Crippen LogP contribution in [0.3, 0.4) is 0 Å². The number of nitrogens with one attached hydrogen (secondary N) is 7. The van der Waals surface area contributed by atoms with Crippen LogP contribution in [0.15, 0.2) is 0 Å². The second-order valence-corrected chi connectivity index (χ2v) is 28.1. The van der Waals surface area contributed by atoms with Crippen molar-refractivity contribution in [3.05, 3.63) is 0 Å². The monoisotopic (exact) mass is 1400 g/mol. The fourth-order valence-corrected chi connectivity index (χ4v) is 14.0. The maximum absolute atomic E-state index is 14.6. The van der Waals surface area contributed by atoms with E-state index in [9.17, 15) is 73.2 Å². The SMILES string of the molecule is CCCCCCC(C)[C@H](NC)C(=O)N[C@H](C(=O)N(C)[C@@H]([C@@H](C)CC)[C@@H](CC(=O)N1CCC[C@H]1C(OC)[C@@H](C)C(=O)N[C@H](C(=O)N[C@@H](CCC(=O)O)C(=O)N[C@@H](CNC(=O)[C@H](CN)NC(=O)C(CC(=O)O)SC(I)(CC)CCC)C(=O)O)C(C)O)OC)C(C)C. The lowest BCUT2D eigenvalue weighted by atomic mass is 9.89. The Morgan fingerprint density at radius 1 is 0.708 bits per heavy atom.